The Bertz CT molecular complexity index is 3030. The monoisotopic (exact) mass is 1020 g/mol. The van der Waals surface area contributed by atoms with Gasteiger partial charge in [0.15, 0.2) is 0 Å². The van der Waals surface area contributed by atoms with E-state index in [2.05, 4.69) is 70.8 Å². The van der Waals surface area contributed by atoms with Crippen molar-refractivity contribution in [3.8, 4) is 55.9 Å². The molecule has 59 heavy (non-hydrogen) atoms. The van der Waals surface area contributed by atoms with E-state index in [0.29, 0.717) is 22.4 Å². The molecule has 0 N–H and O–H groups in total. The zero-order chi connectivity index (χ0) is 43.8. The first-order valence-corrected chi connectivity index (χ1v) is 26.7. The summed E-state index contributed by atoms with van der Waals surface area (Å²) in [6.45, 7) is 1.60. The fourth-order valence-corrected chi connectivity index (χ4v) is 9.27. The summed E-state index contributed by atoms with van der Waals surface area (Å²) < 4.78 is 52.9. The molecule has 9 aromatic rings. The Hall–Kier alpha value is -5.46. The number of rotatable bonds is 7. The van der Waals surface area contributed by atoms with Gasteiger partial charge in [0.05, 0.1) is 5.58 Å². The quantitative estimate of drug-likeness (QED) is 0.118. The van der Waals surface area contributed by atoms with Gasteiger partial charge in [0.25, 0.3) is 0 Å². The van der Waals surface area contributed by atoms with Gasteiger partial charge in [-0.1, -0.05) is 78.9 Å². The first-order valence-electron chi connectivity index (χ1n) is 21.3. The van der Waals surface area contributed by atoms with Gasteiger partial charge in [-0.2, -0.15) is 0 Å². The van der Waals surface area contributed by atoms with E-state index in [1.54, 1.807) is 36.5 Å². The number of benzene rings is 6. The Morgan fingerprint density at radius 1 is 0.712 bits per heavy atom. The van der Waals surface area contributed by atoms with E-state index in [9.17, 15) is 4.39 Å². The molecule has 0 spiro atoms. The molecule has 6 heteroatoms. The number of fused-ring (bicyclic) bond motifs is 3. The van der Waals surface area contributed by atoms with Crippen molar-refractivity contribution in [1.29, 1.82) is 0 Å². The third kappa shape index (κ3) is 9.09. The average Bonchev–Trinajstić information content (AvgIpc) is 3.64. The number of halogens is 1. The van der Waals surface area contributed by atoms with Gasteiger partial charge in [-0.3, -0.25) is 0 Å². The van der Waals surface area contributed by atoms with Crippen LogP contribution in [0.5, 0.6) is 0 Å². The minimum Gasteiger partial charge on any atom is 0 e. The van der Waals surface area contributed by atoms with Crippen LogP contribution in [-0.2, 0) is 20.1 Å². The average molecular weight is 1010 g/mol. The van der Waals surface area contributed by atoms with E-state index in [4.69, 9.17) is 14.9 Å². The van der Waals surface area contributed by atoms with E-state index < -0.39 is 26.0 Å². The molecule has 3 heterocycles. The molecule has 0 aliphatic carbocycles. The molecule has 1 radical (unpaired) electrons. The van der Waals surface area contributed by atoms with E-state index in [1.165, 1.54) is 10.5 Å². The molecule has 0 aliphatic rings. The normalized spacial score (nSPS) is 12.7. The minimum absolute atomic E-state index is 0. The van der Waals surface area contributed by atoms with Crippen LogP contribution in [0.15, 0.2) is 162 Å². The van der Waals surface area contributed by atoms with Crippen molar-refractivity contribution in [2.24, 2.45) is 0 Å². The Labute approximate surface area is 368 Å². The van der Waals surface area contributed by atoms with Gasteiger partial charge in [-0.25, -0.2) is 4.39 Å². The van der Waals surface area contributed by atoms with Gasteiger partial charge in [0.1, 0.15) is 11.4 Å². The first kappa shape index (κ1) is 36.6. The SMILES string of the molecule is [2H]C(C)(C)c1ccnc(-c2[c-]ccc3c2oc2cc(-c4cccc(F)c4)c(-c4ccccc4)cc23)c1.[2H]C([2H])([2H])c1c[c-]c(-c2nc[c]([Ge]([CH3])([CH3])[CH3])cc2-c2ccccc2)cc1.[Ir]. The van der Waals surface area contributed by atoms with Gasteiger partial charge in [0.2, 0.25) is 0 Å². The summed E-state index contributed by atoms with van der Waals surface area (Å²) in [7, 11) is 0. The van der Waals surface area contributed by atoms with Gasteiger partial charge in [-0.15, -0.1) is 18.2 Å². The van der Waals surface area contributed by atoms with E-state index in [0.717, 1.165) is 66.5 Å². The predicted molar refractivity (Wildman–Crippen MR) is 242 cm³/mol. The Kier molecular flexibility index (Phi) is 11.0. The van der Waals surface area contributed by atoms with Crippen molar-refractivity contribution in [3.05, 3.63) is 187 Å². The first-order chi connectivity index (χ1) is 29.5. The number of hydrogen-bond donors (Lipinski definition) is 0. The summed E-state index contributed by atoms with van der Waals surface area (Å²) >= 11 is -2.02. The van der Waals surface area contributed by atoms with Gasteiger partial charge in [-0.05, 0) is 64.2 Å². The topological polar surface area (TPSA) is 38.9 Å². The van der Waals surface area contributed by atoms with Crippen LogP contribution in [-0.4, -0.2) is 23.2 Å². The Morgan fingerprint density at radius 2 is 1.42 bits per heavy atom. The van der Waals surface area contributed by atoms with Crippen molar-refractivity contribution >= 4 is 39.6 Å². The second-order valence-electron chi connectivity index (χ2n) is 15.6. The second kappa shape index (κ2) is 17.8. The number of hydrogen-bond acceptors (Lipinski definition) is 3. The summed E-state index contributed by atoms with van der Waals surface area (Å²) in [5.41, 5.74) is 11.6. The minimum atomic E-state index is -2.12. The smallest absolute Gasteiger partial charge is 0 e. The fraction of sp³-hybridized carbons (Fsp3) is 0.132. The molecular weight excluding hydrogens is 964 g/mol. The molecular formula is C53H45FGeIrN2O-2. The maximum atomic E-state index is 14.2. The molecule has 3 aromatic heterocycles. The summed E-state index contributed by atoms with van der Waals surface area (Å²) in [6, 6.07) is 52.4. The van der Waals surface area contributed by atoms with E-state index >= 15 is 0 Å². The van der Waals surface area contributed by atoms with Crippen LogP contribution in [0.4, 0.5) is 4.39 Å². The van der Waals surface area contributed by atoms with Crippen LogP contribution in [0, 0.1) is 24.8 Å². The molecule has 0 aliphatic heterocycles. The van der Waals surface area contributed by atoms with Crippen LogP contribution < -0.4 is 4.40 Å². The van der Waals surface area contributed by atoms with E-state index in [1.807, 2.05) is 92.8 Å². The number of aryl methyl sites for hydroxylation is 1. The molecule has 3 nitrogen and oxygen atoms in total. The van der Waals surface area contributed by atoms with Crippen LogP contribution in [0.1, 0.15) is 36.4 Å². The van der Waals surface area contributed by atoms with Crippen LogP contribution in [0.3, 0.4) is 0 Å². The van der Waals surface area contributed by atoms with E-state index in [-0.39, 0.29) is 25.9 Å². The fourth-order valence-electron chi connectivity index (χ4n) is 7.11. The van der Waals surface area contributed by atoms with Gasteiger partial charge >= 0.3 is 146 Å². The van der Waals surface area contributed by atoms with Gasteiger partial charge in [0, 0.05) is 33.1 Å². The predicted octanol–water partition coefficient (Wildman–Crippen LogP) is 14.1. The maximum Gasteiger partial charge on any atom is 0 e. The van der Waals surface area contributed by atoms with Crippen LogP contribution >= 0.6 is 0 Å². The molecule has 9 rings (SSSR count). The standard InChI is InChI=1S/C32H23FNO.C21H22GeN.Ir/c1-20(2)22-14-15-34-30(17-22)26-13-7-12-25-29-18-27(21-8-4-3-5-9-21)28(19-31(29)35-32(25)26)23-10-6-11-24(33)16-23;1-16-10-12-18(13-11-16)21-20(17-8-6-5-7-9-17)14-19(15-23-21)22(2,3)4;/h3-12,14-20H,1-2H3;5-12,14-15H,1-4H3;/q2*-1;/i20D;1D3;. The summed E-state index contributed by atoms with van der Waals surface area (Å²) in [5.74, 6) is 6.02. The molecule has 0 atom stereocenters. The Balaban J connectivity index is 0.000000196. The third-order valence-electron chi connectivity index (χ3n) is 10.3. The zero-order valence-electron chi connectivity index (χ0n) is 37.5. The summed E-state index contributed by atoms with van der Waals surface area (Å²) in [5, 5.41) is 1.93. The molecule has 0 unspecified atom stereocenters. The molecule has 6 aromatic carbocycles. The molecule has 0 fully saturated rings. The van der Waals surface area contributed by atoms with Crippen LogP contribution in [0.25, 0.3) is 77.8 Å². The maximum absolute atomic E-state index is 14.2. The number of pyridine rings is 2. The largest absolute Gasteiger partial charge is 0 e. The molecule has 0 saturated heterocycles. The zero-order valence-corrected chi connectivity index (χ0v) is 38.0. The van der Waals surface area contributed by atoms with Crippen LogP contribution in [0.2, 0.25) is 17.3 Å². The third-order valence-corrected chi connectivity index (χ3v) is 14.5. The van der Waals surface area contributed by atoms with Crippen molar-refractivity contribution < 1.29 is 34.4 Å². The van der Waals surface area contributed by atoms with Crippen molar-refractivity contribution in [3.63, 3.8) is 0 Å². The van der Waals surface area contributed by atoms with Crippen molar-refractivity contribution in [2.45, 2.75) is 43.9 Å². The summed E-state index contributed by atoms with van der Waals surface area (Å²) in [4.78, 5) is 9.33. The van der Waals surface area contributed by atoms with Gasteiger partial charge < -0.3 is 9.40 Å². The second-order valence-corrected chi connectivity index (χ2v) is 26.3. The molecule has 295 valence electrons. The number of furan rings is 1. The molecule has 0 saturated carbocycles. The number of aromatic nitrogens is 2. The Morgan fingerprint density at radius 3 is 2.08 bits per heavy atom. The summed E-state index contributed by atoms with van der Waals surface area (Å²) in [6.07, 6.45) is 3.71. The molecule has 0 amide bonds. The van der Waals surface area contributed by atoms with Crippen molar-refractivity contribution in [2.75, 3.05) is 0 Å². The molecule has 0 bridgehead atoms. The number of nitrogens with zero attached hydrogens (tertiary/aromatic N) is 2. The van der Waals surface area contributed by atoms with Crippen molar-refractivity contribution in [1.82, 2.24) is 9.97 Å².